The number of nitrogens with one attached hydrogen (secondary N) is 1. The first-order valence-corrected chi connectivity index (χ1v) is 5.98. The van der Waals surface area contributed by atoms with Crippen LogP contribution in [0.2, 0.25) is 0 Å². The van der Waals surface area contributed by atoms with Crippen LogP contribution in [-0.2, 0) is 4.79 Å². The molecule has 0 bridgehead atoms. The third-order valence-electron chi connectivity index (χ3n) is 3.13. The number of ether oxygens (including phenoxy) is 1. The highest BCUT2D eigenvalue weighted by molar-refractivity contribution is 5.99. The maximum Gasteiger partial charge on any atom is 0.244 e. The molecule has 0 saturated heterocycles. The van der Waals surface area contributed by atoms with Gasteiger partial charge in [0.25, 0.3) is 0 Å². The highest BCUT2D eigenvalue weighted by Gasteiger charge is 2.40. The number of hydrogen-bond donors (Lipinski definition) is 2. The number of rotatable bonds is 4. The number of hydrogen-bond acceptors (Lipinski definition) is 3. The number of anilines is 1. The van der Waals surface area contributed by atoms with Gasteiger partial charge in [-0.3, -0.25) is 4.79 Å². The molecule has 0 radical (unpaired) electrons. The van der Waals surface area contributed by atoms with E-state index in [4.69, 9.17) is 10.5 Å². The molecule has 1 saturated carbocycles. The van der Waals surface area contributed by atoms with E-state index < -0.39 is 5.54 Å². The molecule has 0 aliphatic heterocycles. The maximum atomic E-state index is 12.0. The summed E-state index contributed by atoms with van der Waals surface area (Å²) >= 11 is 0. The van der Waals surface area contributed by atoms with Gasteiger partial charge in [-0.25, -0.2) is 0 Å². The number of amides is 1. The fraction of sp³-hybridized carbons (Fsp3) is 0.462. The number of carbonyl (C=O) groups is 1. The van der Waals surface area contributed by atoms with Crippen molar-refractivity contribution in [1.29, 1.82) is 0 Å². The van der Waals surface area contributed by atoms with E-state index in [0.29, 0.717) is 18.0 Å². The Kier molecular flexibility index (Phi) is 3.33. The first-order valence-electron chi connectivity index (χ1n) is 5.98. The summed E-state index contributed by atoms with van der Waals surface area (Å²) in [5.41, 5.74) is 5.97. The molecule has 1 aliphatic carbocycles. The van der Waals surface area contributed by atoms with Crippen molar-refractivity contribution in [2.24, 2.45) is 5.73 Å². The molecule has 0 unspecified atom stereocenters. The quantitative estimate of drug-likeness (QED) is 0.836. The second kappa shape index (κ2) is 4.75. The average Bonchev–Trinajstić information content (AvgIpc) is 2.29. The molecule has 0 heterocycles. The molecule has 0 aromatic heterocycles. The van der Waals surface area contributed by atoms with Crippen LogP contribution >= 0.6 is 0 Å². The molecular weight excluding hydrogens is 216 g/mol. The SMILES string of the molecule is CCOc1ccccc1NC(=O)C1(N)CCC1. The highest BCUT2D eigenvalue weighted by atomic mass is 16.5. The Bertz CT molecular complexity index is 414. The summed E-state index contributed by atoms with van der Waals surface area (Å²) in [6, 6.07) is 7.40. The van der Waals surface area contributed by atoms with Crippen molar-refractivity contribution < 1.29 is 9.53 Å². The number of benzene rings is 1. The summed E-state index contributed by atoms with van der Waals surface area (Å²) in [6.07, 6.45) is 2.54. The lowest BCUT2D eigenvalue weighted by molar-refractivity contribution is -0.123. The van der Waals surface area contributed by atoms with Crippen LogP contribution < -0.4 is 15.8 Å². The highest BCUT2D eigenvalue weighted by Crippen LogP contribution is 2.32. The van der Waals surface area contributed by atoms with Gasteiger partial charge in [0.2, 0.25) is 5.91 Å². The molecule has 1 aromatic carbocycles. The van der Waals surface area contributed by atoms with Crippen molar-refractivity contribution in [3.63, 3.8) is 0 Å². The Labute approximate surface area is 101 Å². The van der Waals surface area contributed by atoms with Crippen molar-refractivity contribution in [2.75, 3.05) is 11.9 Å². The van der Waals surface area contributed by atoms with Crippen LogP contribution in [0.15, 0.2) is 24.3 Å². The van der Waals surface area contributed by atoms with Gasteiger partial charge >= 0.3 is 0 Å². The van der Waals surface area contributed by atoms with Gasteiger partial charge in [-0.15, -0.1) is 0 Å². The Hall–Kier alpha value is -1.55. The predicted molar refractivity (Wildman–Crippen MR) is 67.0 cm³/mol. The van der Waals surface area contributed by atoms with Gasteiger partial charge in [0.1, 0.15) is 5.75 Å². The zero-order chi connectivity index (χ0) is 12.3. The lowest BCUT2D eigenvalue weighted by Gasteiger charge is -2.36. The second-order valence-electron chi connectivity index (χ2n) is 4.39. The first-order chi connectivity index (χ1) is 8.15. The second-order valence-corrected chi connectivity index (χ2v) is 4.39. The van der Waals surface area contributed by atoms with Crippen molar-refractivity contribution in [3.05, 3.63) is 24.3 Å². The number of carbonyl (C=O) groups excluding carboxylic acids is 1. The Morgan fingerprint density at radius 1 is 1.47 bits per heavy atom. The fourth-order valence-electron chi connectivity index (χ4n) is 1.88. The van der Waals surface area contributed by atoms with Gasteiger partial charge in [-0.05, 0) is 38.3 Å². The molecule has 17 heavy (non-hydrogen) atoms. The maximum absolute atomic E-state index is 12.0. The van der Waals surface area contributed by atoms with Gasteiger partial charge in [0.05, 0.1) is 17.8 Å². The molecular formula is C13H18N2O2. The molecule has 2 rings (SSSR count). The van der Waals surface area contributed by atoms with Crippen LogP contribution in [0.3, 0.4) is 0 Å². The lowest BCUT2D eigenvalue weighted by atomic mass is 9.77. The van der Waals surface area contributed by atoms with E-state index in [-0.39, 0.29) is 5.91 Å². The van der Waals surface area contributed by atoms with Crippen LogP contribution in [0.25, 0.3) is 0 Å². The van der Waals surface area contributed by atoms with Crippen molar-refractivity contribution >= 4 is 11.6 Å². The molecule has 92 valence electrons. The van der Waals surface area contributed by atoms with Gasteiger partial charge in [0, 0.05) is 0 Å². The van der Waals surface area contributed by atoms with Gasteiger partial charge in [0.15, 0.2) is 0 Å². The minimum Gasteiger partial charge on any atom is -0.492 e. The van der Waals surface area contributed by atoms with Crippen LogP contribution in [0.5, 0.6) is 5.75 Å². The van der Waals surface area contributed by atoms with Crippen LogP contribution in [0.4, 0.5) is 5.69 Å². The van der Waals surface area contributed by atoms with Crippen molar-refractivity contribution in [3.8, 4) is 5.75 Å². The minimum absolute atomic E-state index is 0.115. The van der Waals surface area contributed by atoms with Crippen LogP contribution in [0.1, 0.15) is 26.2 Å². The fourth-order valence-corrected chi connectivity index (χ4v) is 1.88. The first kappa shape index (κ1) is 11.9. The molecule has 0 spiro atoms. The number of para-hydroxylation sites is 2. The summed E-state index contributed by atoms with van der Waals surface area (Å²) < 4.78 is 5.45. The monoisotopic (exact) mass is 234 g/mol. The summed E-state index contributed by atoms with van der Waals surface area (Å²) in [7, 11) is 0. The van der Waals surface area contributed by atoms with Gasteiger partial charge in [-0.2, -0.15) is 0 Å². The summed E-state index contributed by atoms with van der Waals surface area (Å²) in [5.74, 6) is 0.571. The lowest BCUT2D eigenvalue weighted by Crippen LogP contribution is -2.56. The molecule has 4 nitrogen and oxygen atoms in total. The Balaban J connectivity index is 2.10. The standard InChI is InChI=1S/C13H18N2O2/c1-2-17-11-7-4-3-6-10(11)15-12(16)13(14)8-5-9-13/h3-4,6-7H,2,5,8-9,14H2,1H3,(H,15,16). The topological polar surface area (TPSA) is 64.3 Å². The third-order valence-corrected chi connectivity index (χ3v) is 3.13. The smallest absolute Gasteiger partial charge is 0.244 e. The van der Waals surface area contributed by atoms with Gasteiger partial charge in [-0.1, -0.05) is 12.1 Å². The van der Waals surface area contributed by atoms with E-state index in [1.807, 2.05) is 31.2 Å². The third kappa shape index (κ3) is 2.42. The summed E-state index contributed by atoms with van der Waals surface area (Å²) in [6.45, 7) is 2.48. The molecule has 4 heteroatoms. The van der Waals surface area contributed by atoms with E-state index in [1.165, 1.54) is 0 Å². The van der Waals surface area contributed by atoms with E-state index >= 15 is 0 Å². The number of nitrogens with two attached hydrogens (primary N) is 1. The van der Waals surface area contributed by atoms with E-state index in [9.17, 15) is 4.79 Å². The molecule has 1 aromatic rings. The molecule has 0 atom stereocenters. The summed E-state index contributed by atoms with van der Waals surface area (Å²) in [4.78, 5) is 12.0. The zero-order valence-electron chi connectivity index (χ0n) is 10.0. The Morgan fingerprint density at radius 3 is 2.76 bits per heavy atom. The molecule has 1 fully saturated rings. The summed E-state index contributed by atoms with van der Waals surface area (Å²) in [5, 5.41) is 2.85. The van der Waals surface area contributed by atoms with E-state index in [1.54, 1.807) is 0 Å². The molecule has 1 aliphatic rings. The van der Waals surface area contributed by atoms with Crippen molar-refractivity contribution in [1.82, 2.24) is 0 Å². The normalized spacial score (nSPS) is 17.1. The van der Waals surface area contributed by atoms with E-state index in [2.05, 4.69) is 5.32 Å². The minimum atomic E-state index is -0.681. The molecule has 3 N–H and O–H groups in total. The average molecular weight is 234 g/mol. The largest absolute Gasteiger partial charge is 0.492 e. The predicted octanol–water partition coefficient (Wildman–Crippen LogP) is 1.91. The van der Waals surface area contributed by atoms with Crippen molar-refractivity contribution in [2.45, 2.75) is 31.7 Å². The Morgan fingerprint density at radius 2 is 2.18 bits per heavy atom. The van der Waals surface area contributed by atoms with Gasteiger partial charge < -0.3 is 15.8 Å². The zero-order valence-corrected chi connectivity index (χ0v) is 10.0. The van der Waals surface area contributed by atoms with Crippen LogP contribution in [0, 0.1) is 0 Å². The van der Waals surface area contributed by atoms with E-state index in [0.717, 1.165) is 19.3 Å². The molecule has 1 amide bonds. The van der Waals surface area contributed by atoms with Crippen LogP contribution in [-0.4, -0.2) is 18.1 Å².